The third kappa shape index (κ3) is 4.83. The Morgan fingerprint density at radius 1 is 1.15 bits per heavy atom. The second-order valence-electron chi connectivity index (χ2n) is 7.13. The Hall–Kier alpha value is -2.46. The zero-order chi connectivity index (χ0) is 19.4. The zero-order valence-corrected chi connectivity index (χ0v) is 16.7. The fraction of sp³-hybridized carbons (Fsp3) is 0.318. The molecule has 0 bridgehead atoms. The largest absolute Gasteiger partial charge is 0.338 e. The smallest absolute Gasteiger partial charge is 0.255 e. The lowest BCUT2D eigenvalue weighted by Crippen LogP contribution is -2.28. The van der Waals surface area contributed by atoms with Crippen LogP contribution in [0, 0.1) is 19.8 Å². The van der Waals surface area contributed by atoms with Gasteiger partial charge in [0.25, 0.3) is 5.91 Å². The van der Waals surface area contributed by atoms with E-state index in [-0.39, 0.29) is 5.91 Å². The number of nitrogens with zero attached hydrogens (tertiary/aromatic N) is 3. The first-order valence-electron chi connectivity index (χ1n) is 9.18. The minimum Gasteiger partial charge on any atom is -0.338 e. The highest BCUT2D eigenvalue weighted by Gasteiger charge is 2.25. The number of amides is 1. The highest BCUT2D eigenvalue weighted by atomic mass is 35.5. The Bertz CT molecular complexity index is 957. The topological polar surface area (TPSA) is 46.1 Å². The second-order valence-corrected chi connectivity index (χ2v) is 7.54. The van der Waals surface area contributed by atoms with Crippen LogP contribution in [0.25, 0.3) is 11.0 Å². The number of hydrogen-bond acceptors (Lipinski definition) is 3. The zero-order valence-electron chi connectivity index (χ0n) is 15.9. The predicted octanol–water partition coefficient (Wildman–Crippen LogP) is 5.07. The van der Waals surface area contributed by atoms with Gasteiger partial charge in [0.05, 0.1) is 27.3 Å². The van der Waals surface area contributed by atoms with Crippen LogP contribution in [-0.2, 0) is 0 Å². The van der Waals surface area contributed by atoms with Crippen LogP contribution >= 0.6 is 11.6 Å². The molecule has 3 aromatic rings. The minimum atomic E-state index is 0.0676. The lowest BCUT2D eigenvalue weighted by Gasteiger charge is -2.17. The van der Waals surface area contributed by atoms with Gasteiger partial charge in [-0.25, -0.2) is 4.98 Å². The van der Waals surface area contributed by atoms with Gasteiger partial charge in [0, 0.05) is 19.3 Å². The molecule has 0 N–H and O–H groups in total. The van der Waals surface area contributed by atoms with Crippen LogP contribution in [0.2, 0.25) is 5.02 Å². The first-order chi connectivity index (χ1) is 12.9. The maximum Gasteiger partial charge on any atom is 0.255 e. The van der Waals surface area contributed by atoms with Crippen molar-refractivity contribution in [1.82, 2.24) is 14.9 Å². The van der Waals surface area contributed by atoms with Gasteiger partial charge in [-0.15, -0.1) is 0 Å². The molecule has 2 heterocycles. The van der Waals surface area contributed by atoms with Crippen molar-refractivity contribution in [3.63, 3.8) is 0 Å². The fourth-order valence-corrected chi connectivity index (χ4v) is 3.34. The molecule has 0 spiro atoms. The SMILES string of the molecule is Cc1ccc(Cl)c(C(=O)N2CCC(C)C2)c1.Cc1cnc2ccccc2n1. The second kappa shape index (κ2) is 8.49. The summed E-state index contributed by atoms with van der Waals surface area (Å²) in [7, 11) is 0. The predicted molar refractivity (Wildman–Crippen MR) is 110 cm³/mol. The average Bonchev–Trinajstić information content (AvgIpc) is 3.10. The molecule has 1 fully saturated rings. The summed E-state index contributed by atoms with van der Waals surface area (Å²) in [6.45, 7) is 7.79. The molecule has 140 valence electrons. The van der Waals surface area contributed by atoms with Crippen LogP contribution in [0.1, 0.15) is 35.0 Å². The van der Waals surface area contributed by atoms with Crippen molar-refractivity contribution in [3.8, 4) is 0 Å². The summed E-state index contributed by atoms with van der Waals surface area (Å²) < 4.78 is 0. The molecule has 27 heavy (non-hydrogen) atoms. The maximum absolute atomic E-state index is 12.2. The van der Waals surface area contributed by atoms with Crippen LogP contribution in [0.5, 0.6) is 0 Å². The molecule has 4 rings (SSSR count). The molecule has 0 radical (unpaired) electrons. The molecule has 2 aromatic carbocycles. The number of rotatable bonds is 1. The molecule has 1 atom stereocenters. The van der Waals surface area contributed by atoms with Crippen LogP contribution in [0.15, 0.2) is 48.7 Å². The Labute approximate surface area is 165 Å². The highest BCUT2D eigenvalue weighted by molar-refractivity contribution is 6.33. The van der Waals surface area contributed by atoms with Crippen LogP contribution in [0.4, 0.5) is 0 Å². The van der Waals surface area contributed by atoms with Crippen molar-refractivity contribution in [2.24, 2.45) is 5.92 Å². The number of aromatic nitrogens is 2. The van der Waals surface area contributed by atoms with Gasteiger partial charge in [0.2, 0.25) is 0 Å². The van der Waals surface area contributed by atoms with E-state index in [1.807, 2.05) is 55.1 Å². The van der Waals surface area contributed by atoms with E-state index >= 15 is 0 Å². The minimum absolute atomic E-state index is 0.0676. The number of hydrogen-bond donors (Lipinski definition) is 0. The Morgan fingerprint density at radius 2 is 1.89 bits per heavy atom. The van der Waals surface area contributed by atoms with Crippen molar-refractivity contribution in [2.75, 3.05) is 13.1 Å². The molecule has 0 aliphatic carbocycles. The number of fused-ring (bicyclic) bond motifs is 1. The van der Waals surface area contributed by atoms with Gasteiger partial charge >= 0.3 is 0 Å². The van der Waals surface area contributed by atoms with E-state index < -0.39 is 0 Å². The van der Waals surface area contributed by atoms with Crippen molar-refractivity contribution >= 4 is 28.5 Å². The standard InChI is InChI=1S/C13H16ClNO.C9H8N2/c1-9-3-4-12(14)11(7-9)13(16)15-6-5-10(2)8-15;1-7-6-10-8-4-2-3-5-9(8)11-7/h3-4,7,10H,5-6,8H2,1-2H3;2-6H,1H3. The van der Waals surface area contributed by atoms with Gasteiger partial charge in [0.15, 0.2) is 0 Å². The molecule has 1 aromatic heterocycles. The van der Waals surface area contributed by atoms with Crippen molar-refractivity contribution < 1.29 is 4.79 Å². The van der Waals surface area contributed by atoms with Crippen LogP contribution in [0.3, 0.4) is 0 Å². The summed E-state index contributed by atoms with van der Waals surface area (Å²) >= 11 is 6.06. The molecule has 1 aliphatic rings. The third-order valence-corrected chi connectivity index (χ3v) is 4.96. The van der Waals surface area contributed by atoms with Gasteiger partial charge in [0.1, 0.15) is 0 Å². The number of benzene rings is 2. The van der Waals surface area contributed by atoms with Crippen LogP contribution < -0.4 is 0 Å². The third-order valence-electron chi connectivity index (χ3n) is 4.63. The van der Waals surface area contributed by atoms with Gasteiger partial charge in [-0.1, -0.05) is 42.3 Å². The Morgan fingerprint density at radius 3 is 2.59 bits per heavy atom. The maximum atomic E-state index is 12.2. The molecule has 1 amide bonds. The fourth-order valence-electron chi connectivity index (χ4n) is 3.14. The Balaban J connectivity index is 0.000000166. The summed E-state index contributed by atoms with van der Waals surface area (Å²) in [5.74, 6) is 0.672. The Kier molecular flexibility index (Phi) is 6.07. The van der Waals surface area contributed by atoms with Gasteiger partial charge in [-0.3, -0.25) is 9.78 Å². The summed E-state index contributed by atoms with van der Waals surface area (Å²) in [6.07, 6.45) is 2.87. The number of para-hydroxylation sites is 2. The van der Waals surface area contributed by atoms with Crippen molar-refractivity contribution in [3.05, 3.63) is 70.5 Å². The normalized spacial score (nSPS) is 16.1. The molecule has 0 saturated carbocycles. The molecular formula is C22H24ClN3O. The average molecular weight is 382 g/mol. The quantitative estimate of drug-likeness (QED) is 0.591. The summed E-state index contributed by atoms with van der Waals surface area (Å²) in [5.41, 5.74) is 4.59. The first-order valence-corrected chi connectivity index (χ1v) is 9.55. The van der Waals surface area contributed by atoms with E-state index in [0.29, 0.717) is 16.5 Å². The monoisotopic (exact) mass is 381 g/mol. The molecule has 4 nitrogen and oxygen atoms in total. The number of likely N-dealkylation sites (tertiary alicyclic amines) is 1. The van der Waals surface area contributed by atoms with E-state index in [1.165, 1.54) is 0 Å². The number of carbonyl (C=O) groups excluding carboxylic acids is 1. The molecule has 5 heteroatoms. The molecule has 1 unspecified atom stereocenters. The lowest BCUT2D eigenvalue weighted by atomic mass is 10.1. The first kappa shape index (κ1) is 19.3. The van der Waals surface area contributed by atoms with Gasteiger partial charge in [-0.2, -0.15) is 0 Å². The summed E-state index contributed by atoms with van der Waals surface area (Å²) in [4.78, 5) is 22.6. The van der Waals surface area contributed by atoms with E-state index in [0.717, 1.165) is 41.8 Å². The summed E-state index contributed by atoms with van der Waals surface area (Å²) in [6, 6.07) is 13.4. The van der Waals surface area contributed by atoms with E-state index in [1.54, 1.807) is 12.3 Å². The number of carbonyl (C=O) groups is 1. The lowest BCUT2D eigenvalue weighted by molar-refractivity contribution is 0.0788. The summed E-state index contributed by atoms with van der Waals surface area (Å²) in [5, 5.41) is 0.551. The number of halogens is 1. The van der Waals surface area contributed by atoms with Crippen molar-refractivity contribution in [2.45, 2.75) is 27.2 Å². The van der Waals surface area contributed by atoms with Gasteiger partial charge in [-0.05, 0) is 50.5 Å². The molecule has 1 saturated heterocycles. The van der Waals surface area contributed by atoms with E-state index in [2.05, 4.69) is 16.9 Å². The highest BCUT2D eigenvalue weighted by Crippen LogP contribution is 2.23. The molecule has 1 aliphatic heterocycles. The molecular weight excluding hydrogens is 358 g/mol. The number of aryl methyl sites for hydroxylation is 2. The van der Waals surface area contributed by atoms with Crippen molar-refractivity contribution in [1.29, 1.82) is 0 Å². The van der Waals surface area contributed by atoms with E-state index in [9.17, 15) is 4.79 Å². The van der Waals surface area contributed by atoms with E-state index in [4.69, 9.17) is 11.6 Å². The van der Waals surface area contributed by atoms with Gasteiger partial charge < -0.3 is 4.90 Å². The van der Waals surface area contributed by atoms with Crippen LogP contribution in [-0.4, -0.2) is 33.9 Å².